The molecule has 0 spiro atoms. The van der Waals surface area contributed by atoms with Gasteiger partial charge in [-0.2, -0.15) is 0 Å². The summed E-state index contributed by atoms with van der Waals surface area (Å²) in [6, 6.07) is 0. The summed E-state index contributed by atoms with van der Waals surface area (Å²) < 4.78 is 0. The van der Waals surface area contributed by atoms with Crippen LogP contribution in [0.5, 0.6) is 0 Å². The van der Waals surface area contributed by atoms with Crippen molar-refractivity contribution in [3.63, 3.8) is 0 Å². The van der Waals surface area contributed by atoms with E-state index in [9.17, 15) is 4.79 Å². The molecule has 0 fully saturated rings. The molecule has 0 saturated carbocycles. The van der Waals surface area contributed by atoms with Crippen molar-refractivity contribution in [2.75, 3.05) is 0 Å². The Kier molecular flexibility index (Phi) is 4.06. The number of rotatable bonds is 2. The summed E-state index contributed by atoms with van der Waals surface area (Å²) in [5, 5.41) is 0. The van der Waals surface area contributed by atoms with Gasteiger partial charge in [-0.3, -0.25) is 0 Å². The first-order valence-corrected chi connectivity index (χ1v) is 4.95. The molecule has 0 saturated heterocycles. The van der Waals surface area contributed by atoms with Crippen LogP contribution in [0, 0.1) is 5.92 Å². The fourth-order valence-corrected chi connectivity index (χ4v) is 1.77. The lowest BCUT2D eigenvalue weighted by Crippen LogP contribution is -2.04. The number of carbonyl (C=O) groups is 1. The normalized spacial score (nSPS) is 27.2. The molecule has 1 aliphatic rings. The number of carbonyl (C=O) groups excluding carboxylic acids is 1. The van der Waals surface area contributed by atoms with Crippen molar-refractivity contribution in [3.05, 3.63) is 12.2 Å². The molecule has 12 heavy (non-hydrogen) atoms. The van der Waals surface area contributed by atoms with Crippen molar-refractivity contribution in [2.45, 2.75) is 45.4 Å². The van der Waals surface area contributed by atoms with Crippen LogP contribution in [0.25, 0.3) is 0 Å². The van der Waals surface area contributed by atoms with Gasteiger partial charge in [0.1, 0.15) is 5.78 Å². The third-order valence-electron chi connectivity index (χ3n) is 2.40. The Morgan fingerprint density at radius 3 is 3.00 bits per heavy atom. The molecule has 0 N–H and O–H groups in total. The topological polar surface area (TPSA) is 17.1 Å². The predicted octanol–water partition coefficient (Wildman–Crippen LogP) is 3.10. The highest BCUT2D eigenvalue weighted by molar-refractivity contribution is 5.75. The second kappa shape index (κ2) is 5.13. The molecule has 68 valence electrons. The average molecular weight is 166 g/mol. The molecule has 0 aliphatic heterocycles. The quantitative estimate of drug-likeness (QED) is 0.576. The van der Waals surface area contributed by atoms with E-state index in [-0.39, 0.29) is 0 Å². The monoisotopic (exact) mass is 166 g/mol. The molecule has 1 rings (SSSR count). The molecule has 0 bridgehead atoms. The van der Waals surface area contributed by atoms with Crippen LogP contribution in [-0.2, 0) is 4.79 Å². The Balaban J connectivity index is 2.38. The maximum absolute atomic E-state index is 10.9. The van der Waals surface area contributed by atoms with Crippen molar-refractivity contribution in [1.82, 2.24) is 0 Å². The van der Waals surface area contributed by atoms with Gasteiger partial charge >= 0.3 is 0 Å². The fourth-order valence-electron chi connectivity index (χ4n) is 1.77. The van der Waals surface area contributed by atoms with E-state index in [1.807, 2.05) is 0 Å². The number of allylic oxidation sites excluding steroid dienone is 2. The van der Waals surface area contributed by atoms with Gasteiger partial charge in [0.2, 0.25) is 0 Å². The third kappa shape index (κ3) is 3.70. The van der Waals surface area contributed by atoms with Gasteiger partial charge < -0.3 is 4.79 Å². The highest BCUT2D eigenvalue weighted by Gasteiger charge is 2.08. The van der Waals surface area contributed by atoms with Crippen LogP contribution < -0.4 is 0 Å². The number of ketones is 1. The van der Waals surface area contributed by atoms with Crippen molar-refractivity contribution in [2.24, 2.45) is 5.92 Å². The Morgan fingerprint density at radius 2 is 2.25 bits per heavy atom. The van der Waals surface area contributed by atoms with Crippen molar-refractivity contribution in [3.8, 4) is 0 Å². The molecular formula is C11H18O. The van der Waals surface area contributed by atoms with Gasteiger partial charge in [-0.1, -0.05) is 25.0 Å². The zero-order chi connectivity index (χ0) is 8.81. The summed E-state index contributed by atoms with van der Waals surface area (Å²) in [7, 11) is 0. The molecule has 1 atom stereocenters. The Bertz CT molecular complexity index is 170. The van der Waals surface area contributed by atoms with Gasteiger partial charge in [0.05, 0.1) is 0 Å². The predicted molar refractivity (Wildman–Crippen MR) is 51.0 cm³/mol. The second-order valence-electron chi connectivity index (χ2n) is 3.73. The Morgan fingerprint density at radius 1 is 1.42 bits per heavy atom. The zero-order valence-electron chi connectivity index (χ0n) is 7.88. The molecule has 0 aromatic rings. The molecule has 0 aromatic carbocycles. The molecule has 0 heterocycles. The largest absolute Gasteiger partial charge is 0.300 e. The van der Waals surface area contributed by atoms with Gasteiger partial charge in [-0.05, 0) is 32.1 Å². The molecule has 1 nitrogen and oxygen atoms in total. The van der Waals surface area contributed by atoms with Crippen molar-refractivity contribution in [1.29, 1.82) is 0 Å². The molecule has 1 heteroatoms. The summed E-state index contributed by atoms with van der Waals surface area (Å²) in [5.41, 5.74) is 0. The smallest absolute Gasteiger partial charge is 0.130 e. The summed E-state index contributed by atoms with van der Waals surface area (Å²) in [5.74, 6) is 0.855. The fraction of sp³-hybridized carbons (Fsp3) is 0.727. The number of hydrogen-bond acceptors (Lipinski definition) is 1. The van der Waals surface area contributed by atoms with Crippen LogP contribution in [0.1, 0.15) is 45.4 Å². The van der Waals surface area contributed by atoms with Crippen LogP contribution in [0.4, 0.5) is 0 Å². The highest BCUT2D eigenvalue weighted by atomic mass is 16.1. The average Bonchev–Trinajstić information content (AvgIpc) is 1.93. The Hall–Kier alpha value is -0.590. The van der Waals surface area contributed by atoms with Gasteiger partial charge in [0.25, 0.3) is 0 Å². The first-order valence-electron chi connectivity index (χ1n) is 4.95. The maximum atomic E-state index is 10.9. The van der Waals surface area contributed by atoms with E-state index in [4.69, 9.17) is 0 Å². The van der Waals surface area contributed by atoms with Crippen LogP contribution in [0.2, 0.25) is 0 Å². The van der Waals surface area contributed by atoms with E-state index in [0.29, 0.717) is 11.7 Å². The molecule has 1 unspecified atom stereocenters. The van der Waals surface area contributed by atoms with Crippen LogP contribution in [0.15, 0.2) is 12.2 Å². The first-order chi connectivity index (χ1) is 5.79. The van der Waals surface area contributed by atoms with Gasteiger partial charge in [0.15, 0.2) is 0 Å². The lowest BCUT2D eigenvalue weighted by molar-refractivity contribution is -0.117. The highest BCUT2D eigenvalue weighted by Crippen LogP contribution is 2.19. The van der Waals surface area contributed by atoms with Gasteiger partial charge in [-0.25, -0.2) is 0 Å². The van der Waals surface area contributed by atoms with E-state index in [1.165, 1.54) is 32.1 Å². The SMILES string of the molecule is CC(=O)CC1/C=C/CCCCC1. The second-order valence-corrected chi connectivity index (χ2v) is 3.73. The summed E-state index contributed by atoms with van der Waals surface area (Å²) in [4.78, 5) is 10.9. The molecule has 0 aromatic heterocycles. The molecule has 0 amide bonds. The minimum atomic E-state index is 0.324. The van der Waals surface area contributed by atoms with Gasteiger partial charge in [-0.15, -0.1) is 0 Å². The number of Topliss-reactive ketones (excluding diaryl/α,β-unsaturated/α-hetero) is 1. The van der Waals surface area contributed by atoms with E-state index < -0.39 is 0 Å². The van der Waals surface area contributed by atoms with E-state index in [0.717, 1.165) is 6.42 Å². The molecule has 1 aliphatic carbocycles. The lowest BCUT2D eigenvalue weighted by atomic mass is 9.93. The minimum absolute atomic E-state index is 0.324. The van der Waals surface area contributed by atoms with Crippen LogP contribution in [0.3, 0.4) is 0 Å². The molecular weight excluding hydrogens is 148 g/mol. The first kappa shape index (κ1) is 9.50. The zero-order valence-corrected chi connectivity index (χ0v) is 7.88. The Labute approximate surface area is 74.9 Å². The summed E-state index contributed by atoms with van der Waals surface area (Å²) in [6.45, 7) is 1.69. The lowest BCUT2D eigenvalue weighted by Gasteiger charge is -2.12. The van der Waals surface area contributed by atoms with E-state index in [1.54, 1.807) is 6.92 Å². The standard InChI is InChI=1S/C11H18O/c1-10(12)9-11-7-5-3-2-4-6-8-11/h5,7,11H,2-4,6,8-9H2,1H3/b7-5+. The van der Waals surface area contributed by atoms with Gasteiger partial charge in [0, 0.05) is 6.42 Å². The summed E-state index contributed by atoms with van der Waals surface area (Å²) in [6.07, 6.45) is 11.6. The van der Waals surface area contributed by atoms with Crippen molar-refractivity contribution < 1.29 is 4.79 Å². The molecule has 0 radical (unpaired) electrons. The summed E-state index contributed by atoms with van der Waals surface area (Å²) >= 11 is 0. The maximum Gasteiger partial charge on any atom is 0.130 e. The third-order valence-corrected chi connectivity index (χ3v) is 2.40. The minimum Gasteiger partial charge on any atom is -0.300 e. The van der Waals surface area contributed by atoms with Crippen LogP contribution in [-0.4, -0.2) is 5.78 Å². The van der Waals surface area contributed by atoms with E-state index >= 15 is 0 Å². The number of hydrogen-bond donors (Lipinski definition) is 0. The van der Waals surface area contributed by atoms with E-state index in [2.05, 4.69) is 12.2 Å². The van der Waals surface area contributed by atoms with Crippen molar-refractivity contribution >= 4 is 5.78 Å². The van der Waals surface area contributed by atoms with Crippen LogP contribution >= 0.6 is 0 Å².